The fraction of sp³-hybridized carbons (Fsp3) is 0.875. The lowest BCUT2D eigenvalue weighted by Crippen LogP contribution is -2.38. The number of fused-ring (bicyclic) bond motifs is 1. The number of Topliss-reactive ketones (excluding diaryl/α,β-unsaturated/α-hetero) is 1. The summed E-state index contributed by atoms with van der Waals surface area (Å²) < 4.78 is 5.10. The van der Waals surface area contributed by atoms with E-state index in [-0.39, 0.29) is 11.9 Å². The second kappa shape index (κ2) is 1.52. The Morgan fingerprint density at radius 2 is 2.00 bits per heavy atom. The molecule has 0 bridgehead atoms. The number of carbonyl (C=O) groups is 1. The zero-order chi connectivity index (χ0) is 8.44. The van der Waals surface area contributed by atoms with Gasteiger partial charge in [0.15, 0.2) is 5.78 Å². The maximum atomic E-state index is 11.4. The van der Waals surface area contributed by atoms with Crippen molar-refractivity contribution in [1.29, 1.82) is 0 Å². The van der Waals surface area contributed by atoms with Crippen LogP contribution in [0.15, 0.2) is 0 Å². The lowest BCUT2D eigenvalue weighted by Gasteiger charge is -2.25. The van der Waals surface area contributed by atoms with Crippen LogP contribution in [-0.2, 0) is 9.53 Å². The van der Waals surface area contributed by atoms with Gasteiger partial charge in [-0.3, -0.25) is 4.79 Å². The molecule has 3 nitrogen and oxygen atoms in total. The molecule has 1 N–H and O–H groups in total. The van der Waals surface area contributed by atoms with E-state index in [4.69, 9.17) is 4.74 Å². The van der Waals surface area contributed by atoms with E-state index in [2.05, 4.69) is 0 Å². The minimum atomic E-state index is -0.646. The van der Waals surface area contributed by atoms with Crippen molar-refractivity contribution < 1.29 is 14.6 Å². The van der Waals surface area contributed by atoms with Gasteiger partial charge in [0.1, 0.15) is 11.7 Å². The van der Waals surface area contributed by atoms with Crippen molar-refractivity contribution in [1.82, 2.24) is 0 Å². The van der Waals surface area contributed by atoms with Gasteiger partial charge in [-0.25, -0.2) is 0 Å². The van der Waals surface area contributed by atoms with Gasteiger partial charge in [-0.05, 0) is 6.92 Å². The van der Waals surface area contributed by atoms with Crippen molar-refractivity contribution in [2.24, 2.45) is 5.41 Å². The first kappa shape index (κ1) is 7.25. The highest BCUT2D eigenvalue weighted by Gasteiger charge is 2.74. The average molecular weight is 156 g/mol. The van der Waals surface area contributed by atoms with Crippen LogP contribution in [0.1, 0.15) is 20.8 Å². The fourth-order valence-electron chi connectivity index (χ4n) is 1.93. The first-order valence-corrected chi connectivity index (χ1v) is 3.81. The first-order chi connectivity index (χ1) is 4.90. The van der Waals surface area contributed by atoms with Crippen molar-refractivity contribution >= 4 is 5.78 Å². The van der Waals surface area contributed by atoms with E-state index in [1.807, 2.05) is 0 Å². The summed E-state index contributed by atoms with van der Waals surface area (Å²) in [5.74, 6) is 0.0347. The average Bonchev–Trinajstić information content (AvgIpc) is 2.56. The molecule has 1 aliphatic heterocycles. The molecule has 1 saturated carbocycles. The van der Waals surface area contributed by atoms with E-state index in [9.17, 15) is 9.90 Å². The molecule has 0 aromatic carbocycles. The van der Waals surface area contributed by atoms with Gasteiger partial charge in [-0.15, -0.1) is 0 Å². The third-order valence-electron chi connectivity index (χ3n) is 2.93. The highest BCUT2D eigenvalue weighted by molar-refractivity contribution is 5.96. The minimum absolute atomic E-state index is 0.0347. The largest absolute Gasteiger partial charge is 0.389 e. The third-order valence-corrected chi connectivity index (χ3v) is 2.93. The van der Waals surface area contributed by atoms with E-state index >= 15 is 0 Å². The summed E-state index contributed by atoms with van der Waals surface area (Å²) >= 11 is 0. The number of hydrogen-bond donors (Lipinski definition) is 1. The Morgan fingerprint density at radius 3 is 2.18 bits per heavy atom. The predicted molar refractivity (Wildman–Crippen MR) is 38.1 cm³/mol. The van der Waals surface area contributed by atoms with Crippen LogP contribution in [0, 0.1) is 5.41 Å². The van der Waals surface area contributed by atoms with Gasteiger partial charge >= 0.3 is 0 Å². The van der Waals surface area contributed by atoms with E-state index < -0.39 is 17.1 Å². The zero-order valence-corrected chi connectivity index (χ0v) is 6.92. The first-order valence-electron chi connectivity index (χ1n) is 3.81. The number of carbonyl (C=O) groups excluding carboxylic acids is 1. The van der Waals surface area contributed by atoms with Gasteiger partial charge in [0.25, 0.3) is 0 Å². The molecular weight excluding hydrogens is 144 g/mol. The maximum Gasteiger partial charge on any atom is 0.172 e. The summed E-state index contributed by atoms with van der Waals surface area (Å²) in [6.45, 7) is 5.32. The molecule has 0 aromatic rings. The summed E-state index contributed by atoms with van der Waals surface area (Å²) in [5.41, 5.74) is -1.18. The number of hydrogen-bond acceptors (Lipinski definition) is 3. The molecule has 11 heavy (non-hydrogen) atoms. The third kappa shape index (κ3) is 0.590. The summed E-state index contributed by atoms with van der Waals surface area (Å²) in [5, 5.41) is 9.65. The van der Waals surface area contributed by atoms with Crippen molar-refractivity contribution in [3.8, 4) is 0 Å². The van der Waals surface area contributed by atoms with Crippen LogP contribution in [0.3, 0.4) is 0 Å². The molecule has 2 rings (SSSR count). The van der Waals surface area contributed by atoms with Crippen LogP contribution in [0.5, 0.6) is 0 Å². The lowest BCUT2D eigenvalue weighted by atomic mass is 9.85. The molecule has 3 unspecified atom stereocenters. The van der Waals surface area contributed by atoms with Crippen molar-refractivity contribution in [3.63, 3.8) is 0 Å². The van der Waals surface area contributed by atoms with Crippen molar-refractivity contribution in [2.45, 2.75) is 38.6 Å². The van der Waals surface area contributed by atoms with Gasteiger partial charge in [-0.2, -0.15) is 0 Å². The van der Waals surface area contributed by atoms with Gasteiger partial charge < -0.3 is 9.84 Å². The molecule has 0 radical (unpaired) electrons. The number of aliphatic hydroxyl groups is 1. The molecule has 0 aromatic heterocycles. The standard InChI is InChI=1S/C8H12O3/c1-7(2)4(9)5-8(3,11-5)6(7)10/h5-6,10H,1-3H3. The van der Waals surface area contributed by atoms with Gasteiger partial charge in [0, 0.05) is 0 Å². The molecule has 2 fully saturated rings. The van der Waals surface area contributed by atoms with Crippen LogP contribution in [0.25, 0.3) is 0 Å². The molecule has 1 heterocycles. The lowest BCUT2D eigenvalue weighted by molar-refractivity contribution is -0.134. The van der Waals surface area contributed by atoms with Crippen LogP contribution < -0.4 is 0 Å². The number of ketones is 1. The van der Waals surface area contributed by atoms with Gasteiger partial charge in [0.05, 0.1) is 11.5 Å². The molecule has 1 saturated heterocycles. The summed E-state index contributed by atoms with van der Waals surface area (Å²) in [6.07, 6.45) is -0.986. The maximum absolute atomic E-state index is 11.4. The zero-order valence-electron chi connectivity index (χ0n) is 6.92. The van der Waals surface area contributed by atoms with Gasteiger partial charge in [0.2, 0.25) is 0 Å². The normalized spacial score (nSPS) is 52.5. The molecule has 3 heteroatoms. The van der Waals surface area contributed by atoms with E-state index in [1.54, 1.807) is 20.8 Å². The van der Waals surface area contributed by atoms with Crippen LogP contribution in [-0.4, -0.2) is 28.7 Å². The monoisotopic (exact) mass is 156 g/mol. The van der Waals surface area contributed by atoms with Gasteiger partial charge in [-0.1, -0.05) is 13.8 Å². The Morgan fingerprint density at radius 1 is 1.45 bits per heavy atom. The number of aliphatic hydroxyl groups excluding tert-OH is 1. The second-order valence-corrected chi connectivity index (χ2v) is 4.17. The number of ether oxygens (including phenoxy) is 1. The fourth-order valence-corrected chi connectivity index (χ4v) is 1.93. The Hall–Kier alpha value is -0.410. The number of epoxide rings is 1. The molecule has 2 aliphatic rings. The molecular formula is C8H12O3. The Labute approximate surface area is 65.4 Å². The Kier molecular flexibility index (Phi) is 1.00. The molecule has 3 atom stereocenters. The second-order valence-electron chi connectivity index (χ2n) is 4.17. The number of rotatable bonds is 0. The Balaban J connectivity index is 2.39. The topological polar surface area (TPSA) is 49.8 Å². The Bertz CT molecular complexity index is 233. The molecule has 0 amide bonds. The SMILES string of the molecule is CC1(C)C(=O)C2OC2(C)C1O. The summed E-state index contributed by atoms with van der Waals surface area (Å²) in [6, 6.07) is 0. The quantitative estimate of drug-likeness (QED) is 0.506. The smallest absolute Gasteiger partial charge is 0.172 e. The van der Waals surface area contributed by atoms with Crippen LogP contribution >= 0.6 is 0 Å². The summed E-state index contributed by atoms with van der Waals surface area (Å²) in [7, 11) is 0. The molecule has 1 aliphatic carbocycles. The van der Waals surface area contributed by atoms with Crippen molar-refractivity contribution in [2.75, 3.05) is 0 Å². The molecule has 62 valence electrons. The van der Waals surface area contributed by atoms with Crippen LogP contribution in [0.4, 0.5) is 0 Å². The highest BCUT2D eigenvalue weighted by Crippen LogP contribution is 2.55. The molecule has 0 spiro atoms. The predicted octanol–water partition coefficient (Wildman–Crippen LogP) is 0.114. The van der Waals surface area contributed by atoms with Crippen LogP contribution in [0.2, 0.25) is 0 Å². The highest BCUT2D eigenvalue weighted by atomic mass is 16.6. The van der Waals surface area contributed by atoms with E-state index in [0.717, 1.165) is 0 Å². The van der Waals surface area contributed by atoms with Crippen molar-refractivity contribution in [3.05, 3.63) is 0 Å². The van der Waals surface area contributed by atoms with E-state index in [0.29, 0.717) is 0 Å². The summed E-state index contributed by atoms with van der Waals surface area (Å²) in [4.78, 5) is 11.4. The minimum Gasteiger partial charge on any atom is -0.389 e. The van der Waals surface area contributed by atoms with E-state index in [1.165, 1.54) is 0 Å².